The summed E-state index contributed by atoms with van der Waals surface area (Å²) >= 11 is 3.34. The van der Waals surface area contributed by atoms with E-state index in [1.54, 1.807) is 29.6 Å². The number of aromatic nitrogens is 1. The van der Waals surface area contributed by atoms with Crippen LogP contribution in [0, 0.1) is 12.3 Å². The summed E-state index contributed by atoms with van der Waals surface area (Å²) in [5.74, 6) is -0.291. The number of nitrogens with one attached hydrogen (secondary N) is 2. The fourth-order valence-corrected chi connectivity index (χ4v) is 3.72. The van der Waals surface area contributed by atoms with E-state index in [0.29, 0.717) is 6.54 Å². The van der Waals surface area contributed by atoms with Gasteiger partial charge in [0.25, 0.3) is 0 Å². The van der Waals surface area contributed by atoms with Crippen LogP contribution in [0.15, 0.2) is 17.5 Å². The third-order valence-electron chi connectivity index (χ3n) is 3.63. The van der Waals surface area contributed by atoms with Gasteiger partial charge >= 0.3 is 0 Å². The Morgan fingerprint density at radius 2 is 2.00 bits per heavy atom. The average Bonchev–Trinajstić information content (AvgIpc) is 3.14. The number of hydrogen-bond donors (Lipinski definition) is 2. The number of amides is 2. The van der Waals surface area contributed by atoms with Gasteiger partial charge in [0, 0.05) is 22.2 Å². The van der Waals surface area contributed by atoms with Crippen molar-refractivity contribution in [1.82, 2.24) is 15.6 Å². The zero-order valence-electron chi connectivity index (χ0n) is 15.3. The molecule has 0 fully saturated rings. The molecular weight excluding hydrogens is 354 g/mol. The molecule has 136 valence electrons. The Kier molecular flexibility index (Phi) is 6.35. The Hall–Kier alpha value is -1.73. The molecule has 0 aromatic carbocycles. The molecule has 2 heterocycles. The van der Waals surface area contributed by atoms with Crippen molar-refractivity contribution in [2.75, 3.05) is 6.54 Å². The Balaban J connectivity index is 1.79. The minimum atomic E-state index is -0.538. The van der Waals surface area contributed by atoms with Crippen molar-refractivity contribution in [3.63, 3.8) is 0 Å². The van der Waals surface area contributed by atoms with Crippen molar-refractivity contribution in [1.29, 1.82) is 0 Å². The van der Waals surface area contributed by atoms with Gasteiger partial charge in [-0.25, -0.2) is 4.98 Å². The van der Waals surface area contributed by atoms with Gasteiger partial charge in [-0.2, -0.15) is 0 Å². The molecule has 25 heavy (non-hydrogen) atoms. The van der Waals surface area contributed by atoms with E-state index in [1.165, 1.54) is 4.88 Å². The molecular formula is C18H25N3O2S2. The second-order valence-electron chi connectivity index (χ2n) is 7.00. The number of hydrogen-bond acceptors (Lipinski definition) is 5. The minimum absolute atomic E-state index is 0.128. The normalized spacial score (nSPS) is 12.7. The lowest BCUT2D eigenvalue weighted by Gasteiger charge is -2.21. The lowest BCUT2D eigenvalue weighted by Crippen LogP contribution is -2.48. The van der Waals surface area contributed by atoms with Crippen molar-refractivity contribution >= 4 is 34.5 Å². The summed E-state index contributed by atoms with van der Waals surface area (Å²) in [6.07, 6.45) is 0.763. The van der Waals surface area contributed by atoms with E-state index in [1.807, 2.05) is 27.7 Å². The van der Waals surface area contributed by atoms with Gasteiger partial charge in [0.15, 0.2) is 0 Å². The van der Waals surface area contributed by atoms with Crippen molar-refractivity contribution in [2.24, 2.45) is 5.41 Å². The maximum absolute atomic E-state index is 12.1. The predicted molar refractivity (Wildman–Crippen MR) is 104 cm³/mol. The fourth-order valence-electron chi connectivity index (χ4n) is 2.07. The monoisotopic (exact) mass is 379 g/mol. The molecule has 0 saturated carbocycles. The molecule has 2 rings (SSSR count). The SMILES string of the molecule is Cc1nc(-c2ccc(CCNC(=O)C(C)NC(=O)C(C)(C)C)s2)cs1. The van der Waals surface area contributed by atoms with E-state index >= 15 is 0 Å². The minimum Gasteiger partial charge on any atom is -0.354 e. The van der Waals surface area contributed by atoms with Crippen LogP contribution < -0.4 is 10.6 Å². The van der Waals surface area contributed by atoms with Crippen LogP contribution in [0.1, 0.15) is 37.6 Å². The average molecular weight is 380 g/mol. The maximum atomic E-state index is 12.1. The molecule has 0 saturated heterocycles. The zero-order chi connectivity index (χ0) is 18.6. The van der Waals surface area contributed by atoms with E-state index in [9.17, 15) is 9.59 Å². The summed E-state index contributed by atoms with van der Waals surface area (Å²) in [5, 5.41) is 8.74. The smallest absolute Gasteiger partial charge is 0.242 e. The molecule has 0 aliphatic heterocycles. The van der Waals surface area contributed by atoms with E-state index in [-0.39, 0.29) is 11.8 Å². The largest absolute Gasteiger partial charge is 0.354 e. The van der Waals surface area contributed by atoms with Crippen LogP contribution in [0.3, 0.4) is 0 Å². The molecule has 2 aromatic heterocycles. The molecule has 0 aliphatic rings. The van der Waals surface area contributed by atoms with Gasteiger partial charge in [0.2, 0.25) is 11.8 Å². The highest BCUT2D eigenvalue weighted by molar-refractivity contribution is 7.16. The first-order chi connectivity index (χ1) is 11.7. The summed E-state index contributed by atoms with van der Waals surface area (Å²) < 4.78 is 0. The first-order valence-electron chi connectivity index (χ1n) is 8.26. The lowest BCUT2D eigenvalue weighted by molar-refractivity contribution is -0.133. The standard InChI is InChI=1S/C18H25N3O2S2/c1-11(20-17(23)18(3,4)5)16(22)19-9-8-13-6-7-15(25-13)14-10-24-12(2)21-14/h6-7,10-11H,8-9H2,1-5H3,(H,19,22)(H,20,23). The molecule has 2 aromatic rings. The van der Waals surface area contributed by atoms with Gasteiger partial charge in [-0.05, 0) is 32.4 Å². The van der Waals surface area contributed by atoms with E-state index in [2.05, 4.69) is 33.1 Å². The molecule has 0 aliphatic carbocycles. The zero-order valence-corrected chi connectivity index (χ0v) is 16.9. The second kappa shape index (κ2) is 8.10. The third-order valence-corrected chi connectivity index (χ3v) is 5.57. The second-order valence-corrected chi connectivity index (χ2v) is 9.23. The predicted octanol–water partition coefficient (Wildman–Crippen LogP) is 3.39. The van der Waals surface area contributed by atoms with Gasteiger partial charge in [-0.15, -0.1) is 22.7 Å². The lowest BCUT2D eigenvalue weighted by atomic mass is 9.95. The first kappa shape index (κ1) is 19.6. The fraction of sp³-hybridized carbons (Fsp3) is 0.500. The van der Waals surface area contributed by atoms with Crippen LogP contribution in [0.4, 0.5) is 0 Å². The molecule has 2 amide bonds. The highest BCUT2D eigenvalue weighted by Gasteiger charge is 2.24. The Morgan fingerprint density at radius 1 is 1.28 bits per heavy atom. The number of thiazole rings is 1. The molecule has 2 N–H and O–H groups in total. The first-order valence-corrected chi connectivity index (χ1v) is 9.96. The summed E-state index contributed by atoms with van der Waals surface area (Å²) in [7, 11) is 0. The Labute approximate surface area is 156 Å². The van der Waals surface area contributed by atoms with E-state index < -0.39 is 11.5 Å². The van der Waals surface area contributed by atoms with Crippen LogP contribution in [-0.4, -0.2) is 29.4 Å². The van der Waals surface area contributed by atoms with Gasteiger partial charge in [0.1, 0.15) is 6.04 Å². The molecule has 0 spiro atoms. The van der Waals surface area contributed by atoms with Gasteiger partial charge in [0.05, 0.1) is 15.6 Å². The molecule has 0 radical (unpaired) electrons. The van der Waals surface area contributed by atoms with Crippen molar-refractivity contribution in [2.45, 2.75) is 47.1 Å². The van der Waals surface area contributed by atoms with Crippen LogP contribution in [0.2, 0.25) is 0 Å². The summed E-state index contributed by atoms with van der Waals surface area (Å²) in [6.45, 7) is 9.72. The van der Waals surface area contributed by atoms with E-state index in [0.717, 1.165) is 22.0 Å². The van der Waals surface area contributed by atoms with Crippen LogP contribution in [-0.2, 0) is 16.0 Å². The molecule has 7 heteroatoms. The van der Waals surface area contributed by atoms with Gasteiger partial charge in [-0.1, -0.05) is 20.8 Å². The number of aryl methyl sites for hydroxylation is 1. The highest BCUT2D eigenvalue weighted by atomic mass is 32.1. The Morgan fingerprint density at radius 3 is 2.60 bits per heavy atom. The summed E-state index contributed by atoms with van der Waals surface area (Å²) in [5.41, 5.74) is 0.511. The highest BCUT2D eigenvalue weighted by Crippen LogP contribution is 2.29. The van der Waals surface area contributed by atoms with Crippen LogP contribution >= 0.6 is 22.7 Å². The maximum Gasteiger partial charge on any atom is 0.242 e. The molecule has 0 bridgehead atoms. The van der Waals surface area contributed by atoms with E-state index in [4.69, 9.17) is 0 Å². The van der Waals surface area contributed by atoms with Crippen molar-refractivity contribution < 1.29 is 9.59 Å². The quantitative estimate of drug-likeness (QED) is 0.808. The van der Waals surface area contributed by atoms with Crippen molar-refractivity contribution in [3.05, 3.63) is 27.4 Å². The molecule has 1 unspecified atom stereocenters. The van der Waals surface area contributed by atoms with Crippen molar-refractivity contribution in [3.8, 4) is 10.6 Å². The van der Waals surface area contributed by atoms with Gasteiger partial charge in [-0.3, -0.25) is 9.59 Å². The number of rotatable bonds is 6. The molecule has 1 atom stereocenters. The van der Waals surface area contributed by atoms with Crippen LogP contribution in [0.25, 0.3) is 10.6 Å². The number of carbonyl (C=O) groups excluding carboxylic acids is 2. The van der Waals surface area contributed by atoms with Gasteiger partial charge < -0.3 is 10.6 Å². The molecule has 5 nitrogen and oxygen atoms in total. The number of nitrogens with zero attached hydrogens (tertiary/aromatic N) is 1. The Bertz CT molecular complexity index is 744. The topological polar surface area (TPSA) is 71.1 Å². The summed E-state index contributed by atoms with van der Waals surface area (Å²) in [6, 6.07) is 3.61. The number of thiophene rings is 1. The third kappa shape index (κ3) is 5.64. The summed E-state index contributed by atoms with van der Waals surface area (Å²) in [4.78, 5) is 30.9. The van der Waals surface area contributed by atoms with Crippen LogP contribution in [0.5, 0.6) is 0 Å². The number of carbonyl (C=O) groups is 2.